The third-order valence-corrected chi connectivity index (χ3v) is 1.19. The molecule has 2 aliphatic heterocycles. The molecule has 2 heterocycles. The fourth-order valence-electron chi connectivity index (χ4n) is 0.753. The summed E-state index contributed by atoms with van der Waals surface area (Å²) < 4.78 is 4.87. The van der Waals surface area contributed by atoms with E-state index in [1.165, 1.54) is 0 Å². The zero-order valence-corrected chi connectivity index (χ0v) is 4.66. The quantitative estimate of drug-likeness (QED) is 0.524. The largest absolute Gasteiger partial charge is 0.470 e. The van der Waals surface area contributed by atoms with Gasteiger partial charge in [-0.15, -0.1) is 0 Å². The van der Waals surface area contributed by atoms with Crippen molar-refractivity contribution in [2.24, 2.45) is 0 Å². The van der Waals surface area contributed by atoms with Gasteiger partial charge in [0.15, 0.2) is 0 Å². The smallest absolute Gasteiger partial charge is 0.116 e. The minimum atomic E-state index is 0.859. The van der Waals surface area contributed by atoms with Crippen LogP contribution in [0.2, 0.25) is 0 Å². The monoisotopic (exact) mass is 118 g/mol. The molecule has 0 saturated carbocycles. The van der Waals surface area contributed by atoms with E-state index in [2.05, 4.69) is 11.1 Å². The Kier molecular flexibility index (Phi) is 0.803. The van der Waals surface area contributed by atoms with Crippen molar-refractivity contribution in [1.29, 1.82) is 0 Å². The molecule has 2 nitrogen and oxygen atoms in total. The third kappa shape index (κ3) is 0.598. The van der Waals surface area contributed by atoms with Crippen LogP contribution >= 0.6 is 0 Å². The molecule has 9 heavy (non-hydrogen) atoms. The van der Waals surface area contributed by atoms with Crippen LogP contribution in [0.1, 0.15) is 0 Å². The average Bonchev–Trinajstić information content (AvgIpc) is 2.33. The molecule has 0 spiro atoms. The normalized spacial score (nSPS) is 10.2. The van der Waals surface area contributed by atoms with Gasteiger partial charge in [0.05, 0.1) is 6.26 Å². The molecule has 0 aromatic carbocycles. The van der Waals surface area contributed by atoms with Gasteiger partial charge in [0, 0.05) is 17.8 Å². The van der Waals surface area contributed by atoms with Gasteiger partial charge in [-0.05, 0) is 6.07 Å². The van der Waals surface area contributed by atoms with Crippen molar-refractivity contribution in [3.8, 4) is 11.3 Å². The summed E-state index contributed by atoms with van der Waals surface area (Å²) in [5, 5.41) is 0. The first kappa shape index (κ1) is 4.56. The van der Waals surface area contributed by atoms with Crippen molar-refractivity contribution >= 4 is 0 Å². The molecule has 0 amide bonds. The maximum absolute atomic E-state index is 4.87. The summed E-state index contributed by atoms with van der Waals surface area (Å²) in [6.07, 6.45) is 4.85. The summed E-state index contributed by atoms with van der Waals surface area (Å²) in [5.74, 6) is 0. The molecule has 0 atom stereocenters. The number of nitrogens with zero attached hydrogens (tertiary/aromatic N) is 1. The van der Waals surface area contributed by atoms with Crippen molar-refractivity contribution in [1.82, 2.24) is 4.98 Å². The third-order valence-electron chi connectivity index (χ3n) is 1.19. The predicted molar refractivity (Wildman–Crippen MR) is 32.0 cm³/mol. The zero-order valence-electron chi connectivity index (χ0n) is 4.66. The Hall–Kier alpha value is -1.31. The lowest BCUT2D eigenvalue weighted by atomic mass is 10.2. The molecule has 0 saturated heterocycles. The molecule has 2 aliphatic rings. The van der Waals surface area contributed by atoms with Gasteiger partial charge in [-0.3, -0.25) is 4.98 Å². The molecule has 1 radical (unpaired) electrons. The average molecular weight is 118 g/mol. The molecular weight excluding hydrogens is 114 g/mol. The standard InChI is InChI=1S/C7H4NO/c1-3-8-7-5-9-4-2-6(1)7/h2-5H. The van der Waals surface area contributed by atoms with E-state index in [0.717, 1.165) is 11.3 Å². The van der Waals surface area contributed by atoms with Crippen LogP contribution in [0.3, 0.4) is 0 Å². The summed E-state index contributed by atoms with van der Waals surface area (Å²) in [6.45, 7) is 0. The SMILES string of the molecule is [c]1cnc2coccc1-2. The van der Waals surface area contributed by atoms with Gasteiger partial charge in [0.2, 0.25) is 0 Å². The molecule has 0 aromatic rings. The number of aromatic nitrogens is 1. The highest BCUT2D eigenvalue weighted by molar-refractivity contribution is 5.57. The maximum atomic E-state index is 4.87. The van der Waals surface area contributed by atoms with Gasteiger partial charge in [-0.2, -0.15) is 0 Å². The van der Waals surface area contributed by atoms with Gasteiger partial charge in [0.1, 0.15) is 12.0 Å². The second-order valence-electron chi connectivity index (χ2n) is 1.76. The lowest BCUT2D eigenvalue weighted by molar-refractivity contribution is 0.550. The predicted octanol–water partition coefficient (Wildman–Crippen LogP) is 1.58. The summed E-state index contributed by atoms with van der Waals surface area (Å²) in [6, 6.07) is 4.78. The summed E-state index contributed by atoms with van der Waals surface area (Å²) >= 11 is 0. The maximum Gasteiger partial charge on any atom is 0.116 e. The second-order valence-corrected chi connectivity index (χ2v) is 1.76. The van der Waals surface area contributed by atoms with Crippen molar-refractivity contribution in [3.05, 3.63) is 30.9 Å². The minimum absolute atomic E-state index is 0.859. The van der Waals surface area contributed by atoms with Crippen LogP contribution in [0.5, 0.6) is 0 Å². The Labute approximate surface area is 52.5 Å². The molecule has 0 unspecified atom stereocenters. The molecule has 0 bridgehead atoms. The fraction of sp³-hybridized carbons (Fsp3) is 0. The van der Waals surface area contributed by atoms with Crippen molar-refractivity contribution in [2.75, 3.05) is 0 Å². The molecule has 0 aliphatic carbocycles. The van der Waals surface area contributed by atoms with Crippen molar-refractivity contribution < 1.29 is 4.42 Å². The van der Waals surface area contributed by atoms with Crippen LogP contribution in [0.15, 0.2) is 29.2 Å². The van der Waals surface area contributed by atoms with Gasteiger partial charge in [-0.1, -0.05) is 0 Å². The van der Waals surface area contributed by atoms with Crippen LogP contribution in [0.25, 0.3) is 11.3 Å². The van der Waals surface area contributed by atoms with Crippen molar-refractivity contribution in [2.45, 2.75) is 0 Å². The van der Waals surface area contributed by atoms with E-state index in [0.29, 0.717) is 0 Å². The minimum Gasteiger partial charge on any atom is -0.470 e. The van der Waals surface area contributed by atoms with E-state index in [1.54, 1.807) is 18.7 Å². The lowest BCUT2D eigenvalue weighted by Crippen LogP contribution is -1.71. The molecule has 2 rings (SSSR count). The first-order valence-electron chi connectivity index (χ1n) is 2.65. The number of hydrogen-bond donors (Lipinski definition) is 0. The van der Waals surface area contributed by atoms with Crippen LogP contribution in [-0.4, -0.2) is 4.98 Å². The van der Waals surface area contributed by atoms with Crippen LogP contribution < -0.4 is 0 Å². The van der Waals surface area contributed by atoms with Crippen LogP contribution in [0.4, 0.5) is 0 Å². The van der Waals surface area contributed by atoms with Crippen LogP contribution in [0, 0.1) is 6.07 Å². The van der Waals surface area contributed by atoms with E-state index in [-0.39, 0.29) is 0 Å². The van der Waals surface area contributed by atoms with E-state index in [9.17, 15) is 0 Å². The Balaban J connectivity index is 2.79. The molecule has 0 N–H and O–H groups in total. The van der Waals surface area contributed by atoms with E-state index >= 15 is 0 Å². The van der Waals surface area contributed by atoms with Gasteiger partial charge < -0.3 is 4.42 Å². The van der Waals surface area contributed by atoms with Gasteiger partial charge in [-0.25, -0.2) is 0 Å². The Morgan fingerprint density at radius 2 is 2.56 bits per heavy atom. The summed E-state index contributed by atoms with van der Waals surface area (Å²) in [5.41, 5.74) is 1.86. The van der Waals surface area contributed by atoms with Gasteiger partial charge in [0.25, 0.3) is 0 Å². The molecule has 0 aromatic heterocycles. The van der Waals surface area contributed by atoms with Gasteiger partial charge >= 0.3 is 0 Å². The van der Waals surface area contributed by atoms with E-state index in [1.807, 2.05) is 6.07 Å². The number of hydrogen-bond acceptors (Lipinski definition) is 2. The molecule has 2 heteroatoms. The highest BCUT2D eigenvalue weighted by atomic mass is 16.3. The topological polar surface area (TPSA) is 26.0 Å². The number of fused-ring (bicyclic) bond motifs is 1. The van der Waals surface area contributed by atoms with E-state index in [4.69, 9.17) is 4.42 Å². The highest BCUT2D eigenvalue weighted by Gasteiger charge is 2.00. The Bertz CT molecular complexity index is 249. The summed E-state index contributed by atoms with van der Waals surface area (Å²) in [4.78, 5) is 3.97. The Morgan fingerprint density at radius 3 is 3.44 bits per heavy atom. The van der Waals surface area contributed by atoms with Crippen molar-refractivity contribution in [3.63, 3.8) is 0 Å². The Morgan fingerprint density at radius 1 is 1.56 bits per heavy atom. The van der Waals surface area contributed by atoms with E-state index < -0.39 is 0 Å². The zero-order chi connectivity index (χ0) is 6.10. The first-order valence-corrected chi connectivity index (χ1v) is 2.65. The molecular formula is C7H4NO. The highest BCUT2D eigenvalue weighted by Crippen LogP contribution is 2.16. The lowest BCUT2D eigenvalue weighted by Gasteiger charge is -1.89. The van der Waals surface area contributed by atoms with Crippen LogP contribution in [-0.2, 0) is 0 Å². The molecule has 43 valence electrons. The number of rotatable bonds is 0. The molecule has 0 fully saturated rings. The first-order chi connectivity index (χ1) is 4.47. The summed E-state index contributed by atoms with van der Waals surface area (Å²) in [7, 11) is 0. The second kappa shape index (κ2) is 1.58. The fourth-order valence-corrected chi connectivity index (χ4v) is 0.753.